The number of nitrogens with zero attached hydrogens (tertiary/aromatic N) is 3. The molecule has 1 fully saturated rings. The van der Waals surface area contributed by atoms with Gasteiger partial charge in [-0.15, -0.1) is 0 Å². The average molecular weight is 349 g/mol. The van der Waals surface area contributed by atoms with E-state index >= 15 is 0 Å². The maximum Gasteiger partial charge on any atom is 0.317 e. The molecule has 0 aliphatic carbocycles. The molecule has 1 aliphatic heterocycles. The van der Waals surface area contributed by atoms with E-state index < -0.39 is 11.9 Å². The molecule has 1 aromatic rings. The number of hydrogen-bond donors (Lipinski definition) is 2. The normalized spacial score (nSPS) is 18.3. The molecule has 7 heteroatoms. The van der Waals surface area contributed by atoms with Gasteiger partial charge < -0.3 is 10.2 Å². The van der Waals surface area contributed by atoms with Crippen LogP contribution >= 0.6 is 0 Å². The molecule has 0 bridgehead atoms. The number of benzene rings is 1. The molecule has 7 nitrogen and oxygen atoms in total. The van der Waals surface area contributed by atoms with Gasteiger partial charge in [-0.05, 0) is 12.5 Å². The summed E-state index contributed by atoms with van der Waals surface area (Å²) in [5, 5.41) is 18.1. The lowest BCUT2D eigenvalue weighted by atomic mass is 10.1. The summed E-state index contributed by atoms with van der Waals surface area (Å²) in [5.74, 6) is -1.71. The quantitative estimate of drug-likeness (QED) is 0.777. The molecule has 0 spiro atoms. The Bertz CT molecular complexity index is 548. The number of carboxylic acid groups (broad SMARTS) is 2. The largest absolute Gasteiger partial charge is 0.480 e. The molecule has 0 radical (unpaired) electrons. The summed E-state index contributed by atoms with van der Waals surface area (Å²) in [5.41, 5.74) is 2.42. The highest BCUT2D eigenvalue weighted by Crippen LogP contribution is 2.09. The highest BCUT2D eigenvalue weighted by molar-refractivity contribution is 5.69. The van der Waals surface area contributed by atoms with Crippen molar-refractivity contribution in [2.45, 2.75) is 13.5 Å². The van der Waals surface area contributed by atoms with E-state index in [1.807, 2.05) is 9.80 Å². The smallest absolute Gasteiger partial charge is 0.317 e. The lowest BCUT2D eigenvalue weighted by Crippen LogP contribution is -2.40. The van der Waals surface area contributed by atoms with Crippen molar-refractivity contribution in [1.82, 2.24) is 14.7 Å². The van der Waals surface area contributed by atoms with E-state index in [0.717, 1.165) is 19.6 Å². The van der Waals surface area contributed by atoms with E-state index in [-0.39, 0.29) is 13.1 Å². The Morgan fingerprint density at radius 1 is 0.800 bits per heavy atom. The number of hydrogen-bond acceptors (Lipinski definition) is 5. The third-order valence-electron chi connectivity index (χ3n) is 4.44. The van der Waals surface area contributed by atoms with Crippen LogP contribution in [0.2, 0.25) is 0 Å². The van der Waals surface area contributed by atoms with Gasteiger partial charge in [-0.1, -0.05) is 29.8 Å². The molecular weight excluding hydrogens is 322 g/mol. The van der Waals surface area contributed by atoms with Gasteiger partial charge in [0.25, 0.3) is 0 Å². The predicted molar refractivity (Wildman–Crippen MR) is 94.6 cm³/mol. The van der Waals surface area contributed by atoms with Gasteiger partial charge in [-0.25, -0.2) is 0 Å². The van der Waals surface area contributed by atoms with Crippen LogP contribution in [-0.4, -0.2) is 89.2 Å². The maximum atomic E-state index is 11.1. The molecule has 1 saturated heterocycles. The number of carbonyl (C=O) groups is 2. The van der Waals surface area contributed by atoms with Gasteiger partial charge >= 0.3 is 11.9 Å². The van der Waals surface area contributed by atoms with Gasteiger partial charge in [-0.2, -0.15) is 0 Å². The molecule has 0 amide bonds. The summed E-state index contributed by atoms with van der Waals surface area (Å²) in [7, 11) is 0. The van der Waals surface area contributed by atoms with Crippen molar-refractivity contribution < 1.29 is 19.8 Å². The van der Waals surface area contributed by atoms with Crippen molar-refractivity contribution >= 4 is 11.9 Å². The van der Waals surface area contributed by atoms with Crippen LogP contribution in [0.4, 0.5) is 0 Å². The first-order valence-corrected chi connectivity index (χ1v) is 8.58. The van der Waals surface area contributed by atoms with E-state index in [9.17, 15) is 9.59 Å². The Morgan fingerprint density at radius 3 is 1.60 bits per heavy atom. The molecule has 1 heterocycles. The lowest BCUT2D eigenvalue weighted by molar-refractivity contribution is -0.140. The fourth-order valence-electron chi connectivity index (χ4n) is 2.99. The maximum absolute atomic E-state index is 11.1. The zero-order valence-corrected chi connectivity index (χ0v) is 14.7. The van der Waals surface area contributed by atoms with Crippen LogP contribution in [0.5, 0.6) is 0 Å². The van der Waals surface area contributed by atoms with E-state index in [2.05, 4.69) is 36.1 Å². The third kappa shape index (κ3) is 7.21. The van der Waals surface area contributed by atoms with E-state index in [0.29, 0.717) is 26.2 Å². The van der Waals surface area contributed by atoms with Crippen molar-refractivity contribution in [1.29, 1.82) is 0 Å². The second kappa shape index (κ2) is 9.50. The molecule has 0 aromatic heterocycles. The van der Waals surface area contributed by atoms with Crippen LogP contribution in [0.1, 0.15) is 11.1 Å². The van der Waals surface area contributed by atoms with Gasteiger partial charge in [0.2, 0.25) is 0 Å². The Labute approximate surface area is 148 Å². The van der Waals surface area contributed by atoms with Crippen LogP contribution in [0.15, 0.2) is 24.3 Å². The predicted octanol–water partition coefficient (Wildman–Crippen LogP) is 0.584. The second-order valence-corrected chi connectivity index (χ2v) is 6.60. The summed E-state index contributed by atoms with van der Waals surface area (Å²) in [6.45, 7) is 6.80. The molecule has 2 N–H and O–H groups in total. The Balaban J connectivity index is 2.03. The van der Waals surface area contributed by atoms with Crippen LogP contribution in [0.25, 0.3) is 0 Å². The molecule has 2 rings (SSSR count). The molecule has 138 valence electrons. The van der Waals surface area contributed by atoms with Crippen molar-refractivity contribution in [2.24, 2.45) is 0 Å². The Kier molecular flexibility index (Phi) is 7.36. The van der Waals surface area contributed by atoms with Crippen LogP contribution < -0.4 is 0 Å². The molecular formula is C18H27N3O4. The summed E-state index contributed by atoms with van der Waals surface area (Å²) >= 11 is 0. The first kappa shape index (κ1) is 19.4. The molecule has 0 unspecified atom stereocenters. The molecule has 0 saturated carbocycles. The van der Waals surface area contributed by atoms with Crippen molar-refractivity contribution in [3.8, 4) is 0 Å². The third-order valence-corrected chi connectivity index (χ3v) is 4.44. The minimum absolute atomic E-state index is 0.0146. The lowest BCUT2D eigenvalue weighted by Gasteiger charge is -2.25. The van der Waals surface area contributed by atoms with Gasteiger partial charge in [0.15, 0.2) is 0 Å². The standard InChI is InChI=1S/C18H27N3O4/c1-15-2-4-16(5-3-15)12-19-6-8-20(13-17(22)23)10-11-21(9-7-19)14-18(24)25/h2-5H,6-14H2,1H3,(H,22,23)(H,24,25). The minimum Gasteiger partial charge on any atom is -0.480 e. The van der Waals surface area contributed by atoms with E-state index in [4.69, 9.17) is 10.2 Å². The van der Waals surface area contributed by atoms with Crippen LogP contribution in [-0.2, 0) is 16.1 Å². The van der Waals surface area contributed by atoms with Gasteiger partial charge in [0.1, 0.15) is 0 Å². The highest BCUT2D eigenvalue weighted by atomic mass is 16.4. The SMILES string of the molecule is Cc1ccc(CN2CCN(CC(=O)O)CCN(CC(=O)O)CC2)cc1. The van der Waals surface area contributed by atoms with E-state index in [1.165, 1.54) is 11.1 Å². The summed E-state index contributed by atoms with van der Waals surface area (Å²) in [6, 6.07) is 8.37. The fourth-order valence-corrected chi connectivity index (χ4v) is 2.99. The van der Waals surface area contributed by atoms with E-state index in [1.54, 1.807) is 0 Å². The van der Waals surface area contributed by atoms with Crippen molar-refractivity contribution in [3.63, 3.8) is 0 Å². The fraction of sp³-hybridized carbons (Fsp3) is 0.556. The summed E-state index contributed by atoms with van der Waals surface area (Å²) < 4.78 is 0. The molecule has 25 heavy (non-hydrogen) atoms. The minimum atomic E-state index is -0.853. The zero-order valence-electron chi connectivity index (χ0n) is 14.7. The van der Waals surface area contributed by atoms with Crippen molar-refractivity contribution in [2.75, 3.05) is 52.4 Å². The molecule has 0 atom stereocenters. The van der Waals surface area contributed by atoms with Crippen LogP contribution in [0, 0.1) is 6.92 Å². The number of carboxylic acids is 2. The second-order valence-electron chi connectivity index (χ2n) is 6.60. The Morgan fingerprint density at radius 2 is 1.20 bits per heavy atom. The number of rotatable bonds is 6. The topological polar surface area (TPSA) is 84.3 Å². The zero-order chi connectivity index (χ0) is 18.2. The van der Waals surface area contributed by atoms with Gasteiger partial charge in [0.05, 0.1) is 13.1 Å². The molecule has 1 aromatic carbocycles. The number of aryl methyl sites for hydroxylation is 1. The van der Waals surface area contributed by atoms with Crippen LogP contribution in [0.3, 0.4) is 0 Å². The van der Waals surface area contributed by atoms with Gasteiger partial charge in [0, 0.05) is 45.8 Å². The first-order chi connectivity index (χ1) is 11.9. The Hall–Kier alpha value is -1.96. The van der Waals surface area contributed by atoms with Crippen molar-refractivity contribution in [3.05, 3.63) is 35.4 Å². The average Bonchev–Trinajstić information content (AvgIpc) is 2.62. The molecule has 1 aliphatic rings. The number of aliphatic carboxylic acids is 2. The monoisotopic (exact) mass is 349 g/mol. The summed E-state index contributed by atoms with van der Waals surface area (Å²) in [6.07, 6.45) is 0. The van der Waals surface area contributed by atoms with Gasteiger partial charge in [-0.3, -0.25) is 24.3 Å². The first-order valence-electron chi connectivity index (χ1n) is 8.58. The summed E-state index contributed by atoms with van der Waals surface area (Å²) in [4.78, 5) is 28.1. The highest BCUT2D eigenvalue weighted by Gasteiger charge is 2.19.